The van der Waals surface area contributed by atoms with Crippen molar-refractivity contribution in [1.29, 1.82) is 0 Å². The number of amides is 2. The van der Waals surface area contributed by atoms with E-state index >= 15 is 0 Å². The van der Waals surface area contributed by atoms with Crippen LogP contribution in [-0.4, -0.2) is 47.2 Å². The number of hydrogen-bond donors (Lipinski definition) is 3. The molecule has 0 aromatic heterocycles. The molecule has 0 aliphatic heterocycles. The van der Waals surface area contributed by atoms with Crippen molar-refractivity contribution in [3.05, 3.63) is 29.0 Å². The molecule has 0 unspecified atom stereocenters. The number of anilines is 1. The van der Waals surface area contributed by atoms with Gasteiger partial charge in [0.1, 0.15) is 5.82 Å². The zero-order chi connectivity index (χ0) is 18.0. The van der Waals surface area contributed by atoms with Gasteiger partial charge < -0.3 is 15.7 Å². The molecule has 2 saturated carbocycles. The van der Waals surface area contributed by atoms with E-state index in [1.165, 1.54) is 25.0 Å². The van der Waals surface area contributed by atoms with Crippen molar-refractivity contribution in [2.24, 2.45) is 5.92 Å². The second-order valence-electron chi connectivity index (χ2n) is 6.81. The fourth-order valence-electron chi connectivity index (χ4n) is 3.09. The molecule has 2 aliphatic rings. The van der Waals surface area contributed by atoms with E-state index in [-0.39, 0.29) is 23.7 Å². The molecule has 1 aromatic carbocycles. The molecule has 8 heteroatoms. The summed E-state index contributed by atoms with van der Waals surface area (Å²) in [5.41, 5.74) is 0.345. The van der Waals surface area contributed by atoms with E-state index in [1.54, 1.807) is 0 Å². The summed E-state index contributed by atoms with van der Waals surface area (Å²) in [6, 6.07) is 3.56. The monoisotopic (exact) mass is 369 g/mol. The molecule has 0 heterocycles. The predicted molar refractivity (Wildman–Crippen MR) is 92.3 cm³/mol. The fraction of sp³-hybridized carbons (Fsp3) is 0.529. The highest BCUT2D eigenvalue weighted by molar-refractivity contribution is 6.33. The fourth-order valence-corrected chi connectivity index (χ4v) is 3.30. The lowest BCUT2D eigenvalue weighted by Crippen LogP contribution is -2.55. The van der Waals surface area contributed by atoms with E-state index in [4.69, 9.17) is 16.7 Å². The lowest BCUT2D eigenvalue weighted by Gasteiger charge is -2.42. The van der Waals surface area contributed by atoms with E-state index in [9.17, 15) is 14.0 Å². The lowest BCUT2D eigenvalue weighted by molar-refractivity contribution is -0.139. The summed E-state index contributed by atoms with van der Waals surface area (Å²) in [6.45, 7) is 0.867. The maximum atomic E-state index is 13.0. The van der Waals surface area contributed by atoms with Gasteiger partial charge in [0.05, 0.1) is 17.3 Å². The zero-order valence-corrected chi connectivity index (χ0v) is 14.4. The molecule has 2 amide bonds. The minimum atomic E-state index is -0.819. The average Bonchev–Trinajstić information content (AvgIpc) is 3.28. The first-order valence-electron chi connectivity index (χ1n) is 8.39. The molecule has 3 rings (SSSR count). The average molecular weight is 370 g/mol. The highest BCUT2D eigenvalue weighted by Gasteiger charge is 2.37. The van der Waals surface area contributed by atoms with Crippen molar-refractivity contribution in [1.82, 2.24) is 10.2 Å². The van der Waals surface area contributed by atoms with Crippen molar-refractivity contribution in [3.63, 3.8) is 0 Å². The van der Waals surface area contributed by atoms with Gasteiger partial charge in [0, 0.05) is 18.6 Å². The number of hydrogen-bond acceptors (Lipinski definition) is 3. The van der Waals surface area contributed by atoms with Gasteiger partial charge in [0.25, 0.3) is 0 Å². The minimum Gasteiger partial charge on any atom is -0.480 e. The summed E-state index contributed by atoms with van der Waals surface area (Å²) >= 11 is 5.88. The molecule has 2 fully saturated rings. The van der Waals surface area contributed by atoms with Crippen molar-refractivity contribution in [3.8, 4) is 0 Å². The normalized spacial score (nSPS) is 22.4. The van der Waals surface area contributed by atoms with Crippen molar-refractivity contribution < 1.29 is 19.1 Å². The summed E-state index contributed by atoms with van der Waals surface area (Å²) in [5.74, 6) is -0.664. The van der Waals surface area contributed by atoms with Crippen LogP contribution in [0.15, 0.2) is 18.2 Å². The molecule has 2 aliphatic carbocycles. The summed E-state index contributed by atoms with van der Waals surface area (Å²) in [6.07, 6.45) is 3.80. The van der Waals surface area contributed by atoms with Gasteiger partial charge in [0.2, 0.25) is 0 Å². The molecule has 0 bridgehead atoms. The molecule has 136 valence electrons. The van der Waals surface area contributed by atoms with Crippen LogP contribution in [0.1, 0.15) is 25.7 Å². The number of carboxylic acids is 1. The highest BCUT2D eigenvalue weighted by atomic mass is 35.5. The number of carbonyl (C=O) groups excluding carboxylic acids is 1. The zero-order valence-electron chi connectivity index (χ0n) is 13.7. The largest absolute Gasteiger partial charge is 0.480 e. The van der Waals surface area contributed by atoms with Crippen LogP contribution < -0.4 is 10.6 Å². The van der Waals surface area contributed by atoms with Crippen LogP contribution in [0.4, 0.5) is 14.9 Å². The number of halogens is 2. The first kappa shape index (κ1) is 17.9. The minimum absolute atomic E-state index is 0.000258. The van der Waals surface area contributed by atoms with Crippen molar-refractivity contribution in [2.75, 3.05) is 18.4 Å². The molecule has 0 radical (unpaired) electrons. The van der Waals surface area contributed by atoms with Crippen LogP contribution in [-0.2, 0) is 4.79 Å². The number of nitrogens with zero attached hydrogens (tertiary/aromatic N) is 1. The molecular formula is C17H21ClFN3O3. The molecule has 1 aromatic rings. The smallest absolute Gasteiger partial charge is 0.319 e. The quantitative estimate of drug-likeness (QED) is 0.690. The van der Waals surface area contributed by atoms with E-state index < -0.39 is 17.8 Å². The molecule has 0 atom stereocenters. The Bertz CT molecular complexity index is 663. The first-order chi connectivity index (χ1) is 11.9. The van der Waals surface area contributed by atoms with Crippen molar-refractivity contribution >= 4 is 29.3 Å². The van der Waals surface area contributed by atoms with E-state index in [2.05, 4.69) is 10.6 Å². The van der Waals surface area contributed by atoms with Crippen LogP contribution in [0.25, 0.3) is 0 Å². The van der Waals surface area contributed by atoms with Crippen molar-refractivity contribution in [2.45, 2.75) is 37.8 Å². The van der Waals surface area contributed by atoms with Gasteiger partial charge in [-0.05, 0) is 49.8 Å². The summed E-state index contributed by atoms with van der Waals surface area (Å²) in [5, 5.41) is 14.6. The third-order valence-corrected chi connectivity index (χ3v) is 4.98. The Hall–Kier alpha value is -1.86. The molecule has 6 nitrogen and oxygen atoms in total. The van der Waals surface area contributed by atoms with Crippen LogP contribution in [0.5, 0.6) is 0 Å². The Balaban J connectivity index is 1.45. The maximum Gasteiger partial charge on any atom is 0.319 e. The Morgan fingerprint density at radius 1 is 1.32 bits per heavy atom. The predicted octanol–water partition coefficient (Wildman–Crippen LogP) is 2.93. The Morgan fingerprint density at radius 2 is 2.04 bits per heavy atom. The number of carbonyl (C=O) groups is 2. The standard InChI is InChI=1S/C17H21ClFN3O3/c18-14-5-11(19)3-4-15(14)21-17(25)20-12-6-13(7-12)22(9-16(23)24)8-10-1-2-10/h3-5,10,12-13H,1-2,6-9H2,(H,23,24)(H2,20,21,25). The second-order valence-corrected chi connectivity index (χ2v) is 7.22. The topological polar surface area (TPSA) is 81.7 Å². The molecule has 0 saturated heterocycles. The number of carboxylic acid groups (broad SMARTS) is 1. The van der Waals surface area contributed by atoms with Gasteiger partial charge in [-0.3, -0.25) is 9.69 Å². The summed E-state index contributed by atoms with van der Waals surface area (Å²) in [7, 11) is 0. The number of rotatable bonds is 7. The Kier molecular flexibility index (Phi) is 5.44. The van der Waals surface area contributed by atoms with Gasteiger partial charge >= 0.3 is 12.0 Å². The summed E-state index contributed by atoms with van der Waals surface area (Å²) < 4.78 is 13.0. The summed E-state index contributed by atoms with van der Waals surface area (Å²) in [4.78, 5) is 25.0. The second kappa shape index (κ2) is 7.58. The molecule has 25 heavy (non-hydrogen) atoms. The van der Waals surface area contributed by atoms with Gasteiger partial charge in [-0.25, -0.2) is 9.18 Å². The van der Waals surface area contributed by atoms with Gasteiger partial charge in [0.15, 0.2) is 0 Å². The highest BCUT2D eigenvalue weighted by Crippen LogP contribution is 2.33. The Labute approximate surface area is 150 Å². The lowest BCUT2D eigenvalue weighted by atomic mass is 9.85. The van der Waals surface area contributed by atoms with Crippen LogP contribution in [0, 0.1) is 11.7 Å². The van der Waals surface area contributed by atoms with Gasteiger partial charge in [-0.15, -0.1) is 0 Å². The number of benzene rings is 1. The third kappa shape index (κ3) is 5.06. The molecule has 3 N–H and O–H groups in total. The van der Waals surface area contributed by atoms with E-state index in [1.807, 2.05) is 4.90 Å². The third-order valence-electron chi connectivity index (χ3n) is 4.67. The van der Waals surface area contributed by atoms with Crippen LogP contribution in [0.2, 0.25) is 5.02 Å². The SMILES string of the molecule is O=C(O)CN(CC1CC1)C1CC(NC(=O)Nc2ccc(F)cc2Cl)C1. The molecular weight excluding hydrogens is 349 g/mol. The van der Waals surface area contributed by atoms with Gasteiger partial charge in [-0.1, -0.05) is 11.6 Å². The number of aliphatic carboxylic acids is 1. The number of nitrogens with one attached hydrogen (secondary N) is 2. The van der Waals surface area contributed by atoms with Crippen LogP contribution >= 0.6 is 11.6 Å². The van der Waals surface area contributed by atoms with Crippen LogP contribution in [0.3, 0.4) is 0 Å². The maximum absolute atomic E-state index is 13.0. The van der Waals surface area contributed by atoms with E-state index in [0.717, 1.165) is 25.5 Å². The van der Waals surface area contributed by atoms with Gasteiger partial charge in [-0.2, -0.15) is 0 Å². The van der Waals surface area contributed by atoms with E-state index in [0.29, 0.717) is 11.6 Å². The Morgan fingerprint density at radius 3 is 2.64 bits per heavy atom. The molecule has 0 spiro atoms. The first-order valence-corrected chi connectivity index (χ1v) is 8.77. The number of urea groups is 1.